The van der Waals surface area contributed by atoms with Crippen LogP contribution in [-0.4, -0.2) is 80.1 Å². The maximum atomic E-state index is 13.3. The molecule has 3 heterocycles. The molecule has 1 aliphatic heterocycles. The van der Waals surface area contributed by atoms with Gasteiger partial charge in [0.05, 0.1) is 54.4 Å². The summed E-state index contributed by atoms with van der Waals surface area (Å²) in [6.07, 6.45) is 4.52. The Bertz CT molecular complexity index is 1440. The standard InChI is InChI=1S/C23H23N7O4S.ClH/c1-28(26-16-20-17-27-30-5-4-19(15-25)12-21(20)30)35(31,32)23-13-18(14-24)2-3-22(23)34-11-8-29-6-9-33-10-7-29;/h2-5,12-13,16-17H,6-11H2,1H3;1H. The molecule has 0 unspecified atom stereocenters. The quantitative estimate of drug-likeness (QED) is 0.318. The predicted molar refractivity (Wildman–Crippen MR) is 134 cm³/mol. The number of sulfonamides is 1. The van der Waals surface area contributed by atoms with Gasteiger partial charge < -0.3 is 9.47 Å². The first-order chi connectivity index (χ1) is 16.9. The second kappa shape index (κ2) is 11.8. The molecule has 1 aromatic carbocycles. The Labute approximate surface area is 215 Å². The smallest absolute Gasteiger partial charge is 0.282 e. The minimum absolute atomic E-state index is 0. The monoisotopic (exact) mass is 529 g/mol. The van der Waals surface area contributed by atoms with Crippen LogP contribution in [0.4, 0.5) is 0 Å². The van der Waals surface area contributed by atoms with Crippen LogP contribution in [0.1, 0.15) is 16.7 Å². The van der Waals surface area contributed by atoms with Crippen LogP contribution in [0.15, 0.2) is 52.7 Å². The third kappa shape index (κ3) is 5.93. The molecule has 0 N–H and O–H groups in total. The topological polar surface area (TPSA) is 136 Å². The number of benzene rings is 1. The molecule has 3 aromatic rings. The summed E-state index contributed by atoms with van der Waals surface area (Å²) in [7, 11) is -2.83. The minimum Gasteiger partial charge on any atom is -0.491 e. The first kappa shape index (κ1) is 26.9. The summed E-state index contributed by atoms with van der Waals surface area (Å²) in [5.41, 5.74) is 1.78. The van der Waals surface area contributed by atoms with E-state index in [0.717, 1.165) is 17.5 Å². The van der Waals surface area contributed by atoms with Crippen molar-refractivity contribution in [3.8, 4) is 17.9 Å². The minimum atomic E-state index is -4.13. The van der Waals surface area contributed by atoms with Gasteiger partial charge in [0, 0.05) is 38.4 Å². The lowest BCUT2D eigenvalue weighted by Crippen LogP contribution is -2.38. The van der Waals surface area contributed by atoms with Gasteiger partial charge in [-0.25, -0.2) is 4.52 Å². The fourth-order valence-corrected chi connectivity index (χ4v) is 4.64. The number of morpholine rings is 1. The fourth-order valence-electron chi connectivity index (χ4n) is 3.52. The molecule has 0 bridgehead atoms. The molecule has 1 fully saturated rings. The van der Waals surface area contributed by atoms with Crippen molar-refractivity contribution in [2.45, 2.75) is 4.90 Å². The molecule has 2 aromatic heterocycles. The van der Waals surface area contributed by atoms with Crippen LogP contribution in [-0.2, 0) is 14.8 Å². The van der Waals surface area contributed by atoms with Gasteiger partial charge in [0.1, 0.15) is 17.3 Å². The van der Waals surface area contributed by atoms with Crippen molar-refractivity contribution in [1.82, 2.24) is 18.9 Å². The van der Waals surface area contributed by atoms with Crippen LogP contribution >= 0.6 is 12.4 Å². The average Bonchev–Trinajstić information content (AvgIpc) is 3.30. The van der Waals surface area contributed by atoms with E-state index in [4.69, 9.17) is 14.7 Å². The van der Waals surface area contributed by atoms with Crippen LogP contribution in [0.3, 0.4) is 0 Å². The Hall–Kier alpha value is -3.68. The Morgan fingerprint density at radius 2 is 1.92 bits per heavy atom. The second-order valence-electron chi connectivity index (χ2n) is 7.72. The summed E-state index contributed by atoms with van der Waals surface area (Å²) < 4.78 is 40.2. The molecule has 4 rings (SSSR count). The summed E-state index contributed by atoms with van der Waals surface area (Å²) in [6.45, 7) is 3.80. The molecule has 0 aliphatic carbocycles. The summed E-state index contributed by atoms with van der Waals surface area (Å²) in [5.74, 6) is 0.147. The highest BCUT2D eigenvalue weighted by Crippen LogP contribution is 2.28. The van der Waals surface area contributed by atoms with E-state index < -0.39 is 10.0 Å². The van der Waals surface area contributed by atoms with Crippen molar-refractivity contribution in [3.63, 3.8) is 0 Å². The van der Waals surface area contributed by atoms with E-state index in [0.29, 0.717) is 36.4 Å². The lowest BCUT2D eigenvalue weighted by molar-refractivity contribution is 0.0321. The largest absolute Gasteiger partial charge is 0.491 e. The summed E-state index contributed by atoms with van der Waals surface area (Å²) in [4.78, 5) is 2.02. The number of nitrogens with zero attached hydrogens (tertiary/aromatic N) is 7. The zero-order valence-corrected chi connectivity index (χ0v) is 21.1. The SMILES string of the molecule is CN(N=Cc1cnn2ccc(C#N)cc12)S(=O)(=O)c1cc(C#N)ccc1OCCN1CCOCC1.Cl. The van der Waals surface area contributed by atoms with E-state index in [1.807, 2.05) is 6.07 Å². The fraction of sp³-hybridized carbons (Fsp3) is 0.304. The molecule has 0 saturated carbocycles. The first-order valence-corrected chi connectivity index (χ1v) is 12.2. The van der Waals surface area contributed by atoms with Gasteiger partial charge in [-0.05, 0) is 30.3 Å². The zero-order chi connectivity index (χ0) is 24.8. The third-order valence-electron chi connectivity index (χ3n) is 5.51. The number of hydrogen-bond donors (Lipinski definition) is 0. The predicted octanol–water partition coefficient (Wildman–Crippen LogP) is 1.87. The molecule has 0 amide bonds. The molecule has 1 saturated heterocycles. The van der Waals surface area contributed by atoms with Crippen LogP contribution < -0.4 is 4.74 Å². The van der Waals surface area contributed by atoms with Gasteiger partial charge in [-0.1, -0.05) is 0 Å². The number of hydrogen-bond acceptors (Lipinski definition) is 9. The summed E-state index contributed by atoms with van der Waals surface area (Å²) in [5, 5.41) is 26.7. The van der Waals surface area contributed by atoms with Crippen LogP contribution in [0.25, 0.3) is 5.52 Å². The van der Waals surface area contributed by atoms with Crippen molar-refractivity contribution in [2.75, 3.05) is 46.5 Å². The van der Waals surface area contributed by atoms with Gasteiger partial charge in [-0.3, -0.25) is 4.90 Å². The second-order valence-corrected chi connectivity index (χ2v) is 9.64. The molecule has 13 heteroatoms. The van der Waals surface area contributed by atoms with Crippen LogP contribution in [0.2, 0.25) is 0 Å². The van der Waals surface area contributed by atoms with Gasteiger partial charge in [-0.15, -0.1) is 12.4 Å². The molecule has 0 atom stereocenters. The zero-order valence-electron chi connectivity index (χ0n) is 19.4. The number of fused-ring (bicyclic) bond motifs is 1. The maximum Gasteiger partial charge on any atom is 0.282 e. The summed E-state index contributed by atoms with van der Waals surface area (Å²) in [6, 6.07) is 11.6. The number of hydrazone groups is 1. The number of rotatable bonds is 8. The van der Waals surface area contributed by atoms with Gasteiger partial charge in [-0.2, -0.15) is 33.6 Å². The molecule has 188 valence electrons. The third-order valence-corrected chi connectivity index (χ3v) is 7.17. The van der Waals surface area contributed by atoms with Crippen molar-refractivity contribution >= 4 is 34.2 Å². The Morgan fingerprint density at radius 1 is 1.19 bits per heavy atom. The lowest BCUT2D eigenvalue weighted by Gasteiger charge is -2.26. The highest BCUT2D eigenvalue weighted by Gasteiger charge is 2.25. The lowest BCUT2D eigenvalue weighted by atomic mass is 10.2. The molecular formula is C23H24ClN7O4S. The molecule has 1 aliphatic rings. The van der Waals surface area contributed by atoms with Crippen molar-refractivity contribution in [1.29, 1.82) is 10.5 Å². The summed E-state index contributed by atoms with van der Waals surface area (Å²) >= 11 is 0. The van der Waals surface area contributed by atoms with Gasteiger partial charge in [0.2, 0.25) is 0 Å². The Morgan fingerprint density at radius 3 is 2.64 bits per heavy atom. The molecule has 0 radical (unpaired) electrons. The first-order valence-electron chi connectivity index (χ1n) is 10.8. The molecule has 0 spiro atoms. The molecule has 11 nitrogen and oxygen atoms in total. The number of pyridine rings is 1. The maximum absolute atomic E-state index is 13.3. The van der Waals surface area contributed by atoms with Gasteiger partial charge in [0.15, 0.2) is 0 Å². The Balaban J connectivity index is 0.00000361. The van der Waals surface area contributed by atoms with E-state index in [1.165, 1.54) is 37.7 Å². The van der Waals surface area contributed by atoms with E-state index in [9.17, 15) is 13.7 Å². The van der Waals surface area contributed by atoms with Crippen LogP contribution in [0.5, 0.6) is 5.75 Å². The number of halogens is 1. The van der Waals surface area contributed by atoms with E-state index >= 15 is 0 Å². The normalized spacial score (nSPS) is 14.2. The van der Waals surface area contributed by atoms with E-state index in [2.05, 4.69) is 21.2 Å². The number of nitriles is 2. The highest BCUT2D eigenvalue weighted by atomic mass is 35.5. The molecule has 36 heavy (non-hydrogen) atoms. The average molecular weight is 530 g/mol. The van der Waals surface area contributed by atoms with Crippen molar-refractivity contribution in [2.24, 2.45) is 5.10 Å². The number of aromatic nitrogens is 2. The van der Waals surface area contributed by atoms with E-state index in [1.54, 1.807) is 22.8 Å². The van der Waals surface area contributed by atoms with Gasteiger partial charge >= 0.3 is 0 Å². The van der Waals surface area contributed by atoms with E-state index in [-0.39, 0.29) is 35.2 Å². The highest BCUT2D eigenvalue weighted by molar-refractivity contribution is 7.89. The number of ether oxygens (including phenoxy) is 2. The Kier molecular flexibility index (Phi) is 8.85. The van der Waals surface area contributed by atoms with Crippen molar-refractivity contribution in [3.05, 3.63) is 59.4 Å². The van der Waals surface area contributed by atoms with Crippen LogP contribution in [0, 0.1) is 22.7 Å². The van der Waals surface area contributed by atoms with Crippen molar-refractivity contribution < 1.29 is 17.9 Å². The van der Waals surface area contributed by atoms with Gasteiger partial charge in [0.25, 0.3) is 10.0 Å². The molecular weight excluding hydrogens is 506 g/mol.